The standard InChI is InChI=1S/C15H15NO5/c1-4-21-15(18)11-5-9-6-13(19-2)14(20-3)7-10(9)12(8-17)16-11/h5-8H,4H2,1-3H3. The molecule has 0 N–H and O–H groups in total. The summed E-state index contributed by atoms with van der Waals surface area (Å²) in [7, 11) is 3.02. The minimum atomic E-state index is -0.572. The number of aldehydes is 1. The predicted octanol–water partition coefficient (Wildman–Crippen LogP) is 2.24. The summed E-state index contributed by atoms with van der Waals surface area (Å²) in [4.78, 5) is 27.0. The van der Waals surface area contributed by atoms with Crippen molar-refractivity contribution in [2.24, 2.45) is 0 Å². The van der Waals surface area contributed by atoms with Gasteiger partial charge in [-0.05, 0) is 30.5 Å². The molecule has 110 valence electrons. The van der Waals surface area contributed by atoms with Crippen LogP contribution in [-0.4, -0.2) is 38.1 Å². The van der Waals surface area contributed by atoms with Gasteiger partial charge in [-0.15, -0.1) is 0 Å². The number of nitrogens with zero attached hydrogens (tertiary/aromatic N) is 1. The summed E-state index contributed by atoms with van der Waals surface area (Å²) in [6.07, 6.45) is 0.594. The second-order valence-electron chi connectivity index (χ2n) is 4.16. The summed E-state index contributed by atoms with van der Waals surface area (Å²) in [5, 5.41) is 1.23. The zero-order chi connectivity index (χ0) is 15.4. The van der Waals surface area contributed by atoms with Crippen LogP contribution >= 0.6 is 0 Å². The van der Waals surface area contributed by atoms with Gasteiger partial charge in [0.25, 0.3) is 0 Å². The van der Waals surface area contributed by atoms with Gasteiger partial charge in [-0.1, -0.05) is 0 Å². The Hall–Kier alpha value is -2.63. The Kier molecular flexibility index (Phi) is 4.37. The molecule has 1 heterocycles. The van der Waals surface area contributed by atoms with Crippen LogP contribution in [0, 0.1) is 0 Å². The molecule has 0 saturated carbocycles. The van der Waals surface area contributed by atoms with Crippen molar-refractivity contribution in [2.45, 2.75) is 6.92 Å². The molecule has 2 rings (SSSR count). The Bertz CT molecular complexity index is 696. The van der Waals surface area contributed by atoms with Crippen LogP contribution in [0.3, 0.4) is 0 Å². The summed E-state index contributed by atoms with van der Waals surface area (Å²) in [6.45, 7) is 1.94. The van der Waals surface area contributed by atoms with Crippen LogP contribution in [0.15, 0.2) is 18.2 Å². The second kappa shape index (κ2) is 6.21. The smallest absolute Gasteiger partial charge is 0.356 e. The van der Waals surface area contributed by atoms with E-state index in [-0.39, 0.29) is 18.0 Å². The van der Waals surface area contributed by atoms with Crippen molar-refractivity contribution < 1.29 is 23.8 Å². The third kappa shape index (κ3) is 2.79. The Balaban J connectivity index is 2.69. The highest BCUT2D eigenvalue weighted by atomic mass is 16.5. The van der Waals surface area contributed by atoms with E-state index >= 15 is 0 Å². The molecule has 0 aliphatic rings. The largest absolute Gasteiger partial charge is 0.493 e. The molecule has 0 amide bonds. The van der Waals surface area contributed by atoms with Gasteiger partial charge in [-0.2, -0.15) is 0 Å². The first kappa shape index (κ1) is 14.8. The number of carbonyl (C=O) groups excluding carboxylic acids is 2. The quantitative estimate of drug-likeness (QED) is 0.620. The van der Waals surface area contributed by atoms with E-state index in [1.165, 1.54) is 14.2 Å². The average molecular weight is 289 g/mol. The molecule has 2 aromatic rings. The summed E-state index contributed by atoms with van der Waals surface area (Å²) in [6, 6.07) is 4.90. The van der Waals surface area contributed by atoms with Gasteiger partial charge >= 0.3 is 5.97 Å². The highest BCUT2D eigenvalue weighted by molar-refractivity contribution is 6.01. The normalized spacial score (nSPS) is 10.2. The number of methoxy groups -OCH3 is 2. The average Bonchev–Trinajstić information content (AvgIpc) is 2.52. The summed E-state index contributed by atoms with van der Waals surface area (Å²) < 4.78 is 15.3. The molecule has 1 aromatic heterocycles. The van der Waals surface area contributed by atoms with Crippen LogP contribution in [0.5, 0.6) is 11.5 Å². The lowest BCUT2D eigenvalue weighted by Crippen LogP contribution is -2.09. The summed E-state index contributed by atoms with van der Waals surface area (Å²) >= 11 is 0. The lowest BCUT2D eigenvalue weighted by atomic mass is 10.1. The third-order valence-electron chi connectivity index (χ3n) is 2.96. The number of aromatic nitrogens is 1. The zero-order valence-corrected chi connectivity index (χ0v) is 12.0. The molecule has 0 bridgehead atoms. The second-order valence-corrected chi connectivity index (χ2v) is 4.16. The van der Waals surface area contributed by atoms with Crippen molar-refractivity contribution in [3.8, 4) is 11.5 Å². The lowest BCUT2D eigenvalue weighted by Gasteiger charge is -2.11. The zero-order valence-electron chi connectivity index (χ0n) is 12.0. The van der Waals surface area contributed by atoms with Crippen molar-refractivity contribution in [1.29, 1.82) is 0 Å². The number of esters is 1. The molecule has 0 atom stereocenters. The molecule has 1 aromatic carbocycles. The Morgan fingerprint density at radius 3 is 2.43 bits per heavy atom. The van der Waals surface area contributed by atoms with Gasteiger partial charge in [0, 0.05) is 5.39 Å². The highest BCUT2D eigenvalue weighted by Crippen LogP contribution is 2.33. The monoisotopic (exact) mass is 289 g/mol. The molecule has 0 aliphatic carbocycles. The topological polar surface area (TPSA) is 74.7 Å². The fourth-order valence-corrected chi connectivity index (χ4v) is 2.00. The lowest BCUT2D eigenvalue weighted by molar-refractivity contribution is 0.0519. The van der Waals surface area contributed by atoms with E-state index in [2.05, 4.69) is 4.98 Å². The van der Waals surface area contributed by atoms with Crippen LogP contribution in [0.2, 0.25) is 0 Å². The molecule has 0 saturated heterocycles. The van der Waals surface area contributed by atoms with Gasteiger partial charge in [-0.3, -0.25) is 4.79 Å². The predicted molar refractivity (Wildman–Crippen MR) is 76.2 cm³/mol. The van der Waals surface area contributed by atoms with Crippen LogP contribution in [0.4, 0.5) is 0 Å². The van der Waals surface area contributed by atoms with Crippen molar-refractivity contribution in [3.05, 3.63) is 29.6 Å². The number of rotatable bonds is 5. The van der Waals surface area contributed by atoms with Crippen molar-refractivity contribution in [1.82, 2.24) is 4.98 Å². The van der Waals surface area contributed by atoms with Crippen LogP contribution in [-0.2, 0) is 4.74 Å². The first-order valence-corrected chi connectivity index (χ1v) is 6.33. The van der Waals surface area contributed by atoms with E-state index in [4.69, 9.17) is 14.2 Å². The maximum atomic E-state index is 11.8. The first-order valence-electron chi connectivity index (χ1n) is 6.33. The molecule has 6 heteroatoms. The fourth-order valence-electron chi connectivity index (χ4n) is 2.00. The van der Waals surface area contributed by atoms with E-state index in [9.17, 15) is 9.59 Å². The van der Waals surface area contributed by atoms with E-state index < -0.39 is 5.97 Å². The SMILES string of the molecule is CCOC(=O)c1cc2cc(OC)c(OC)cc2c(C=O)n1. The van der Waals surface area contributed by atoms with Crippen molar-refractivity contribution in [3.63, 3.8) is 0 Å². The minimum absolute atomic E-state index is 0.0821. The molecular weight excluding hydrogens is 274 g/mol. The van der Waals surface area contributed by atoms with E-state index in [1.54, 1.807) is 25.1 Å². The molecule has 0 fully saturated rings. The molecule has 0 spiro atoms. The number of ether oxygens (including phenoxy) is 3. The molecule has 6 nitrogen and oxygen atoms in total. The Morgan fingerprint density at radius 1 is 1.19 bits per heavy atom. The minimum Gasteiger partial charge on any atom is -0.493 e. The van der Waals surface area contributed by atoms with Crippen LogP contribution < -0.4 is 9.47 Å². The third-order valence-corrected chi connectivity index (χ3v) is 2.96. The number of hydrogen-bond acceptors (Lipinski definition) is 6. The summed E-state index contributed by atoms with van der Waals surface area (Å²) in [5.41, 5.74) is 0.232. The first-order chi connectivity index (χ1) is 10.1. The number of pyridine rings is 1. The number of benzene rings is 1. The van der Waals surface area contributed by atoms with Gasteiger partial charge in [0.15, 0.2) is 17.8 Å². The van der Waals surface area contributed by atoms with E-state index in [1.807, 2.05) is 0 Å². The number of hydrogen-bond donors (Lipinski definition) is 0. The maximum Gasteiger partial charge on any atom is 0.356 e. The van der Waals surface area contributed by atoms with Crippen LogP contribution in [0.25, 0.3) is 10.8 Å². The summed E-state index contributed by atoms with van der Waals surface area (Å²) in [5.74, 6) is 0.416. The number of carbonyl (C=O) groups is 2. The molecule has 0 aliphatic heterocycles. The number of fused-ring (bicyclic) bond motifs is 1. The molecule has 0 unspecified atom stereocenters. The Morgan fingerprint density at radius 2 is 1.86 bits per heavy atom. The molecular formula is C15H15NO5. The van der Waals surface area contributed by atoms with E-state index in [0.29, 0.717) is 28.6 Å². The molecule has 0 radical (unpaired) electrons. The van der Waals surface area contributed by atoms with Gasteiger partial charge in [0.1, 0.15) is 11.4 Å². The van der Waals surface area contributed by atoms with Gasteiger partial charge < -0.3 is 14.2 Å². The van der Waals surface area contributed by atoms with Gasteiger partial charge in [-0.25, -0.2) is 9.78 Å². The van der Waals surface area contributed by atoms with Crippen molar-refractivity contribution >= 4 is 23.0 Å². The molecule has 21 heavy (non-hydrogen) atoms. The highest BCUT2D eigenvalue weighted by Gasteiger charge is 2.15. The van der Waals surface area contributed by atoms with Gasteiger partial charge in [0.2, 0.25) is 0 Å². The fraction of sp³-hybridized carbons (Fsp3) is 0.267. The van der Waals surface area contributed by atoms with Crippen molar-refractivity contribution in [2.75, 3.05) is 20.8 Å². The van der Waals surface area contributed by atoms with Gasteiger partial charge in [0.05, 0.1) is 20.8 Å². The Labute approximate surface area is 121 Å². The van der Waals surface area contributed by atoms with Crippen LogP contribution in [0.1, 0.15) is 27.9 Å². The maximum absolute atomic E-state index is 11.8. The van der Waals surface area contributed by atoms with E-state index in [0.717, 1.165) is 0 Å².